The van der Waals surface area contributed by atoms with E-state index in [4.69, 9.17) is 9.97 Å². The molecule has 0 bridgehead atoms. The standard InChI is InChI=1S/C38H23N3S2/c1-4-10-33-29(7-1)30-23-27(24-13-15-25(16-14-24)37-39-31-8-2-5-11-35(31)42-37)19-22-34(30)41(33)28-20-17-26(18-21-28)38-40-32-9-3-6-12-36(32)43-38/h1-23H. The summed E-state index contributed by atoms with van der Waals surface area (Å²) < 4.78 is 4.80. The first-order valence-electron chi connectivity index (χ1n) is 14.2. The molecule has 202 valence electrons. The number of hydrogen-bond donors (Lipinski definition) is 0. The van der Waals surface area contributed by atoms with Crippen molar-refractivity contribution in [3.8, 4) is 38.0 Å². The number of fused-ring (bicyclic) bond motifs is 5. The zero-order chi connectivity index (χ0) is 28.3. The summed E-state index contributed by atoms with van der Waals surface area (Å²) in [4.78, 5) is 9.69. The maximum Gasteiger partial charge on any atom is 0.124 e. The van der Waals surface area contributed by atoms with E-state index in [0.29, 0.717) is 0 Å². The highest BCUT2D eigenvalue weighted by molar-refractivity contribution is 7.22. The summed E-state index contributed by atoms with van der Waals surface area (Å²) in [5.74, 6) is 0. The lowest BCUT2D eigenvalue weighted by molar-refractivity contribution is 1.18. The Hall–Kier alpha value is -5.10. The van der Waals surface area contributed by atoms with Crippen molar-refractivity contribution in [1.82, 2.24) is 14.5 Å². The van der Waals surface area contributed by atoms with Gasteiger partial charge in [0.25, 0.3) is 0 Å². The molecule has 0 radical (unpaired) electrons. The van der Waals surface area contributed by atoms with Gasteiger partial charge in [0, 0.05) is 27.6 Å². The minimum Gasteiger partial charge on any atom is -0.309 e. The number of aromatic nitrogens is 3. The molecular formula is C38H23N3S2. The Kier molecular flexibility index (Phi) is 5.54. The largest absolute Gasteiger partial charge is 0.309 e. The van der Waals surface area contributed by atoms with Crippen molar-refractivity contribution < 1.29 is 0 Å². The molecule has 0 N–H and O–H groups in total. The van der Waals surface area contributed by atoms with Gasteiger partial charge in [0.2, 0.25) is 0 Å². The molecule has 9 rings (SSSR count). The lowest BCUT2D eigenvalue weighted by atomic mass is 10.0. The van der Waals surface area contributed by atoms with Crippen molar-refractivity contribution in [2.24, 2.45) is 0 Å². The fraction of sp³-hybridized carbons (Fsp3) is 0. The summed E-state index contributed by atoms with van der Waals surface area (Å²) in [6.07, 6.45) is 0. The third-order valence-electron chi connectivity index (χ3n) is 8.10. The zero-order valence-electron chi connectivity index (χ0n) is 22.9. The van der Waals surface area contributed by atoms with Gasteiger partial charge in [0.1, 0.15) is 10.0 Å². The van der Waals surface area contributed by atoms with Crippen LogP contribution < -0.4 is 0 Å². The van der Waals surface area contributed by atoms with E-state index < -0.39 is 0 Å². The van der Waals surface area contributed by atoms with Gasteiger partial charge in [-0.1, -0.05) is 72.8 Å². The van der Waals surface area contributed by atoms with Crippen molar-refractivity contribution in [3.05, 3.63) is 140 Å². The van der Waals surface area contributed by atoms with Gasteiger partial charge >= 0.3 is 0 Å². The van der Waals surface area contributed by atoms with Gasteiger partial charge in [-0.25, -0.2) is 9.97 Å². The number of para-hydroxylation sites is 3. The minimum absolute atomic E-state index is 1.05. The topological polar surface area (TPSA) is 30.7 Å². The molecule has 0 fully saturated rings. The fourth-order valence-corrected chi connectivity index (χ4v) is 7.92. The first-order chi connectivity index (χ1) is 21.3. The van der Waals surface area contributed by atoms with Gasteiger partial charge < -0.3 is 4.57 Å². The Morgan fingerprint density at radius 3 is 1.58 bits per heavy atom. The Morgan fingerprint density at radius 1 is 0.419 bits per heavy atom. The van der Waals surface area contributed by atoms with E-state index in [-0.39, 0.29) is 0 Å². The maximum absolute atomic E-state index is 4.85. The maximum atomic E-state index is 4.85. The van der Waals surface area contributed by atoms with Gasteiger partial charge in [-0.3, -0.25) is 0 Å². The quantitative estimate of drug-likeness (QED) is 0.206. The van der Waals surface area contributed by atoms with Crippen LogP contribution in [0.25, 0.3) is 80.2 Å². The second kappa shape index (κ2) is 9.73. The van der Waals surface area contributed by atoms with Crippen LogP contribution in [0, 0.1) is 0 Å². The third-order valence-corrected chi connectivity index (χ3v) is 10.3. The predicted octanol–water partition coefficient (Wildman–Crippen LogP) is 11.0. The molecule has 6 aromatic carbocycles. The van der Waals surface area contributed by atoms with Crippen LogP contribution in [0.15, 0.2) is 140 Å². The molecule has 5 heteroatoms. The van der Waals surface area contributed by atoms with E-state index in [9.17, 15) is 0 Å². The van der Waals surface area contributed by atoms with E-state index in [1.54, 1.807) is 22.7 Å². The molecule has 3 heterocycles. The molecule has 0 aliphatic rings. The third kappa shape index (κ3) is 4.08. The van der Waals surface area contributed by atoms with Crippen molar-refractivity contribution in [2.45, 2.75) is 0 Å². The number of rotatable bonds is 4. The summed E-state index contributed by atoms with van der Waals surface area (Å²) in [6, 6.07) is 49.7. The van der Waals surface area contributed by atoms with Gasteiger partial charge in [-0.2, -0.15) is 0 Å². The van der Waals surface area contributed by atoms with Crippen LogP contribution in [0.2, 0.25) is 0 Å². The number of hydrogen-bond acceptors (Lipinski definition) is 4. The first kappa shape index (κ1) is 24.5. The van der Waals surface area contributed by atoms with Crippen LogP contribution in [-0.2, 0) is 0 Å². The van der Waals surface area contributed by atoms with Gasteiger partial charge in [0.15, 0.2) is 0 Å². The Bertz CT molecular complexity index is 2380. The number of thiazole rings is 2. The Labute approximate surface area is 256 Å². The van der Waals surface area contributed by atoms with E-state index in [0.717, 1.165) is 37.9 Å². The Morgan fingerprint density at radius 2 is 0.930 bits per heavy atom. The molecule has 3 aromatic heterocycles. The van der Waals surface area contributed by atoms with Crippen LogP contribution in [-0.4, -0.2) is 14.5 Å². The van der Waals surface area contributed by atoms with Crippen LogP contribution in [0.1, 0.15) is 0 Å². The highest BCUT2D eigenvalue weighted by atomic mass is 32.1. The highest BCUT2D eigenvalue weighted by Crippen LogP contribution is 2.37. The lowest BCUT2D eigenvalue weighted by Crippen LogP contribution is -1.93. The monoisotopic (exact) mass is 585 g/mol. The van der Waals surface area contributed by atoms with Crippen LogP contribution in [0.4, 0.5) is 0 Å². The zero-order valence-corrected chi connectivity index (χ0v) is 24.6. The summed E-state index contributed by atoms with van der Waals surface area (Å²) in [6.45, 7) is 0. The molecule has 0 aliphatic carbocycles. The Balaban J connectivity index is 1.10. The molecular weight excluding hydrogens is 563 g/mol. The summed E-state index contributed by atoms with van der Waals surface area (Å²) >= 11 is 3.48. The molecule has 0 amide bonds. The van der Waals surface area contributed by atoms with Gasteiger partial charge in [-0.15, -0.1) is 22.7 Å². The lowest BCUT2D eigenvalue weighted by Gasteiger charge is -2.09. The van der Waals surface area contributed by atoms with Crippen molar-refractivity contribution in [1.29, 1.82) is 0 Å². The highest BCUT2D eigenvalue weighted by Gasteiger charge is 2.14. The molecule has 0 unspecified atom stereocenters. The summed E-state index contributed by atoms with van der Waals surface area (Å²) in [5.41, 5.74) is 10.3. The SMILES string of the molecule is c1ccc2sc(-c3ccc(-c4ccc5c(c4)c4ccccc4n5-c4ccc(-c5nc6ccccc6s5)cc4)cc3)nc2c1. The molecule has 0 atom stereocenters. The second-order valence-electron chi connectivity index (χ2n) is 10.7. The molecule has 0 saturated carbocycles. The average Bonchev–Trinajstić information content (AvgIpc) is 3.78. The van der Waals surface area contributed by atoms with E-state index >= 15 is 0 Å². The molecule has 0 spiro atoms. The second-order valence-corrected chi connectivity index (χ2v) is 12.7. The number of nitrogens with zero attached hydrogens (tertiary/aromatic N) is 3. The van der Waals surface area contributed by atoms with Crippen LogP contribution >= 0.6 is 22.7 Å². The van der Waals surface area contributed by atoms with Crippen LogP contribution in [0.3, 0.4) is 0 Å². The van der Waals surface area contributed by atoms with E-state index in [1.165, 1.54) is 42.3 Å². The normalized spacial score (nSPS) is 11.7. The minimum atomic E-state index is 1.05. The predicted molar refractivity (Wildman–Crippen MR) is 183 cm³/mol. The van der Waals surface area contributed by atoms with Gasteiger partial charge in [-0.05, 0) is 77.9 Å². The molecule has 3 nitrogen and oxygen atoms in total. The molecule has 43 heavy (non-hydrogen) atoms. The average molecular weight is 586 g/mol. The van der Waals surface area contributed by atoms with Crippen molar-refractivity contribution in [2.75, 3.05) is 0 Å². The molecule has 9 aromatic rings. The molecule has 0 aliphatic heterocycles. The molecule has 0 saturated heterocycles. The van der Waals surface area contributed by atoms with Crippen molar-refractivity contribution in [3.63, 3.8) is 0 Å². The van der Waals surface area contributed by atoms with Crippen molar-refractivity contribution >= 4 is 64.9 Å². The first-order valence-corrected chi connectivity index (χ1v) is 15.9. The summed E-state index contributed by atoms with van der Waals surface area (Å²) in [5, 5.41) is 4.61. The van der Waals surface area contributed by atoms with Gasteiger partial charge in [0.05, 0.1) is 31.5 Å². The van der Waals surface area contributed by atoms with Crippen LogP contribution in [0.5, 0.6) is 0 Å². The van der Waals surface area contributed by atoms with E-state index in [2.05, 4.69) is 132 Å². The van der Waals surface area contributed by atoms with E-state index in [1.807, 2.05) is 12.1 Å². The summed E-state index contributed by atoms with van der Waals surface area (Å²) in [7, 11) is 0. The fourth-order valence-electron chi connectivity index (χ4n) is 5.98. The number of benzene rings is 6. The smallest absolute Gasteiger partial charge is 0.124 e.